The molecule has 29 heavy (non-hydrogen) atoms. The van der Waals surface area contributed by atoms with Gasteiger partial charge in [-0.3, -0.25) is 9.89 Å². The van der Waals surface area contributed by atoms with Crippen molar-refractivity contribution in [3.63, 3.8) is 0 Å². The fourth-order valence-electron chi connectivity index (χ4n) is 3.57. The topological polar surface area (TPSA) is 52.1 Å². The summed E-state index contributed by atoms with van der Waals surface area (Å²) in [7, 11) is 1.81. The van der Waals surface area contributed by atoms with Crippen molar-refractivity contribution in [1.82, 2.24) is 15.5 Å². The SMILES string of the molecule is CN=C(NCCCOCC1CC1)NCCCN1CCN(c2ccccc2F)CC1. The van der Waals surface area contributed by atoms with Crippen LogP contribution in [0.15, 0.2) is 29.3 Å². The molecule has 0 radical (unpaired) electrons. The zero-order valence-corrected chi connectivity index (χ0v) is 17.7. The predicted molar refractivity (Wildman–Crippen MR) is 117 cm³/mol. The molecule has 2 aliphatic rings. The van der Waals surface area contributed by atoms with Gasteiger partial charge in [0.25, 0.3) is 0 Å². The van der Waals surface area contributed by atoms with Crippen LogP contribution in [0.2, 0.25) is 0 Å². The Hall–Kier alpha value is -1.86. The molecule has 0 aromatic heterocycles. The summed E-state index contributed by atoms with van der Waals surface area (Å²) < 4.78 is 19.6. The minimum Gasteiger partial charge on any atom is -0.381 e. The summed E-state index contributed by atoms with van der Waals surface area (Å²) in [6, 6.07) is 7.05. The molecule has 0 bridgehead atoms. The van der Waals surface area contributed by atoms with Gasteiger partial charge in [0.15, 0.2) is 5.96 Å². The van der Waals surface area contributed by atoms with Gasteiger partial charge < -0.3 is 20.3 Å². The van der Waals surface area contributed by atoms with Crippen molar-refractivity contribution in [2.45, 2.75) is 25.7 Å². The van der Waals surface area contributed by atoms with E-state index in [9.17, 15) is 4.39 Å². The van der Waals surface area contributed by atoms with Gasteiger partial charge in [-0.25, -0.2) is 4.39 Å². The maximum absolute atomic E-state index is 13.9. The lowest BCUT2D eigenvalue weighted by molar-refractivity contribution is 0.123. The smallest absolute Gasteiger partial charge is 0.190 e. The number of nitrogens with one attached hydrogen (secondary N) is 2. The molecule has 0 unspecified atom stereocenters. The lowest BCUT2D eigenvalue weighted by Crippen LogP contribution is -2.47. The average Bonchev–Trinajstić information content (AvgIpc) is 3.57. The largest absolute Gasteiger partial charge is 0.381 e. The predicted octanol–water partition coefficient (Wildman–Crippen LogP) is 2.32. The Bertz CT molecular complexity index is 629. The number of guanidine groups is 1. The number of ether oxygens (including phenoxy) is 1. The quantitative estimate of drug-likeness (QED) is 0.336. The number of benzene rings is 1. The van der Waals surface area contributed by atoms with E-state index in [0.717, 1.165) is 89.4 Å². The van der Waals surface area contributed by atoms with Crippen LogP contribution in [0.5, 0.6) is 0 Å². The molecule has 2 fully saturated rings. The summed E-state index contributed by atoms with van der Waals surface area (Å²) in [4.78, 5) is 8.87. The van der Waals surface area contributed by atoms with E-state index in [1.807, 2.05) is 12.1 Å². The number of aliphatic imine (C=N–C) groups is 1. The zero-order chi connectivity index (χ0) is 20.3. The molecule has 2 N–H and O–H groups in total. The second kappa shape index (κ2) is 12.0. The van der Waals surface area contributed by atoms with Crippen LogP contribution in [0, 0.1) is 11.7 Å². The molecule has 1 aliphatic heterocycles. The molecule has 0 atom stereocenters. The Labute approximate surface area is 174 Å². The zero-order valence-electron chi connectivity index (χ0n) is 17.7. The first-order valence-electron chi connectivity index (χ1n) is 11.0. The highest BCUT2D eigenvalue weighted by Gasteiger charge is 2.21. The van der Waals surface area contributed by atoms with Gasteiger partial charge in [-0.1, -0.05) is 12.1 Å². The number of para-hydroxylation sites is 1. The molecule has 162 valence electrons. The first-order chi connectivity index (χ1) is 14.3. The van der Waals surface area contributed by atoms with E-state index in [-0.39, 0.29) is 5.82 Å². The molecule has 1 saturated heterocycles. The van der Waals surface area contributed by atoms with Crippen molar-refractivity contribution in [3.8, 4) is 0 Å². The molecule has 1 aliphatic carbocycles. The Kier molecular flexibility index (Phi) is 9.02. The van der Waals surface area contributed by atoms with E-state index in [1.54, 1.807) is 13.1 Å². The Balaban J connectivity index is 1.21. The van der Waals surface area contributed by atoms with E-state index >= 15 is 0 Å². The summed E-state index contributed by atoms with van der Waals surface area (Å²) in [5, 5.41) is 6.73. The summed E-state index contributed by atoms with van der Waals surface area (Å²) >= 11 is 0. The third kappa shape index (κ3) is 7.82. The number of rotatable bonds is 11. The van der Waals surface area contributed by atoms with E-state index < -0.39 is 0 Å². The van der Waals surface area contributed by atoms with Crippen molar-refractivity contribution < 1.29 is 9.13 Å². The van der Waals surface area contributed by atoms with Crippen LogP contribution in [0.25, 0.3) is 0 Å². The third-order valence-corrected chi connectivity index (χ3v) is 5.54. The first kappa shape index (κ1) is 21.8. The second-order valence-electron chi connectivity index (χ2n) is 7.93. The van der Waals surface area contributed by atoms with Gasteiger partial charge in [0, 0.05) is 59.5 Å². The van der Waals surface area contributed by atoms with Crippen molar-refractivity contribution in [1.29, 1.82) is 0 Å². The van der Waals surface area contributed by atoms with Crippen LogP contribution in [-0.4, -0.2) is 76.9 Å². The van der Waals surface area contributed by atoms with E-state index in [4.69, 9.17) is 4.74 Å². The average molecular weight is 406 g/mol. The van der Waals surface area contributed by atoms with Gasteiger partial charge in [0.2, 0.25) is 0 Å². The van der Waals surface area contributed by atoms with Gasteiger partial charge in [0.05, 0.1) is 5.69 Å². The second-order valence-corrected chi connectivity index (χ2v) is 7.93. The number of piperazine rings is 1. The van der Waals surface area contributed by atoms with Crippen LogP contribution < -0.4 is 15.5 Å². The highest BCUT2D eigenvalue weighted by Crippen LogP contribution is 2.28. The van der Waals surface area contributed by atoms with Gasteiger partial charge in [-0.15, -0.1) is 0 Å². The minimum absolute atomic E-state index is 0.126. The number of nitrogens with zero attached hydrogens (tertiary/aromatic N) is 3. The molecule has 1 saturated carbocycles. The fraction of sp³-hybridized carbons (Fsp3) is 0.682. The minimum atomic E-state index is -0.126. The van der Waals surface area contributed by atoms with Gasteiger partial charge in [-0.2, -0.15) is 0 Å². The summed E-state index contributed by atoms with van der Waals surface area (Å²) in [5.41, 5.74) is 0.724. The molecule has 6 nitrogen and oxygen atoms in total. The third-order valence-electron chi connectivity index (χ3n) is 5.54. The van der Waals surface area contributed by atoms with E-state index in [1.165, 1.54) is 18.9 Å². The standard InChI is InChI=1S/C22H36FN5O/c1-24-22(26-11-5-17-29-18-19-8-9-19)25-10-4-12-27-13-15-28(16-14-27)21-7-3-2-6-20(21)23/h2-3,6-7,19H,4-5,8-18H2,1H3,(H2,24,25,26). The molecule has 1 aromatic carbocycles. The van der Waals surface area contributed by atoms with Crippen LogP contribution in [0.3, 0.4) is 0 Å². The van der Waals surface area contributed by atoms with Crippen molar-refractivity contribution in [3.05, 3.63) is 30.1 Å². The maximum atomic E-state index is 13.9. The lowest BCUT2D eigenvalue weighted by Gasteiger charge is -2.36. The number of halogens is 1. The lowest BCUT2D eigenvalue weighted by atomic mass is 10.2. The van der Waals surface area contributed by atoms with Gasteiger partial charge in [-0.05, 0) is 50.3 Å². The van der Waals surface area contributed by atoms with Crippen LogP contribution in [0.1, 0.15) is 25.7 Å². The van der Waals surface area contributed by atoms with Crippen LogP contribution in [0.4, 0.5) is 10.1 Å². The monoisotopic (exact) mass is 405 g/mol. The fourth-order valence-corrected chi connectivity index (χ4v) is 3.57. The molecular weight excluding hydrogens is 369 g/mol. The van der Waals surface area contributed by atoms with Crippen molar-refractivity contribution >= 4 is 11.6 Å². The molecule has 1 aromatic rings. The van der Waals surface area contributed by atoms with E-state index in [0.29, 0.717) is 0 Å². The van der Waals surface area contributed by atoms with Crippen LogP contribution >= 0.6 is 0 Å². The number of anilines is 1. The highest BCUT2D eigenvalue weighted by molar-refractivity contribution is 5.79. The normalized spacial score (nSPS) is 18.1. The van der Waals surface area contributed by atoms with E-state index in [2.05, 4.69) is 25.4 Å². The number of hydrogen-bond donors (Lipinski definition) is 2. The van der Waals surface area contributed by atoms with Crippen molar-refractivity contribution in [2.24, 2.45) is 10.9 Å². The Morgan fingerprint density at radius 1 is 1.10 bits per heavy atom. The molecule has 7 heteroatoms. The van der Waals surface area contributed by atoms with Gasteiger partial charge in [0.1, 0.15) is 5.82 Å². The summed E-state index contributed by atoms with van der Waals surface area (Å²) in [6.07, 6.45) is 4.75. The van der Waals surface area contributed by atoms with Gasteiger partial charge >= 0.3 is 0 Å². The molecular formula is C22H36FN5O. The summed E-state index contributed by atoms with van der Waals surface area (Å²) in [6.45, 7) is 8.27. The molecule has 3 rings (SSSR count). The first-order valence-corrected chi connectivity index (χ1v) is 11.0. The Morgan fingerprint density at radius 3 is 2.52 bits per heavy atom. The molecule has 1 heterocycles. The maximum Gasteiger partial charge on any atom is 0.190 e. The Morgan fingerprint density at radius 2 is 1.83 bits per heavy atom. The molecule has 0 amide bonds. The highest BCUT2D eigenvalue weighted by atomic mass is 19.1. The van der Waals surface area contributed by atoms with Crippen LogP contribution in [-0.2, 0) is 4.74 Å². The van der Waals surface area contributed by atoms with Crippen molar-refractivity contribution in [2.75, 3.05) is 71.0 Å². The number of hydrogen-bond acceptors (Lipinski definition) is 4. The summed E-state index contributed by atoms with van der Waals surface area (Å²) in [5.74, 6) is 1.56. The molecule has 0 spiro atoms.